The first kappa shape index (κ1) is 15.3. The molecule has 0 unspecified atom stereocenters. The summed E-state index contributed by atoms with van der Waals surface area (Å²) >= 11 is 0. The molecule has 22 heavy (non-hydrogen) atoms. The van der Waals surface area contributed by atoms with Gasteiger partial charge in [-0.25, -0.2) is 0 Å². The van der Waals surface area contributed by atoms with Crippen LogP contribution in [0.4, 0.5) is 0 Å². The van der Waals surface area contributed by atoms with Crippen molar-refractivity contribution in [3.05, 3.63) is 29.3 Å². The van der Waals surface area contributed by atoms with Crippen LogP contribution in [0.1, 0.15) is 55.6 Å². The van der Waals surface area contributed by atoms with Gasteiger partial charge in [-0.3, -0.25) is 4.79 Å². The van der Waals surface area contributed by atoms with Crippen LogP contribution in [0.3, 0.4) is 0 Å². The van der Waals surface area contributed by atoms with Crippen LogP contribution in [0.5, 0.6) is 5.75 Å². The molecule has 0 radical (unpaired) electrons. The zero-order valence-electron chi connectivity index (χ0n) is 13.1. The van der Waals surface area contributed by atoms with E-state index in [1.54, 1.807) is 7.11 Å². The molecule has 2 aliphatic rings. The van der Waals surface area contributed by atoms with Gasteiger partial charge in [-0.1, -0.05) is 25.0 Å². The molecule has 0 spiro atoms. The second kappa shape index (κ2) is 6.29. The summed E-state index contributed by atoms with van der Waals surface area (Å²) in [7, 11) is 1.62. The summed E-state index contributed by atoms with van der Waals surface area (Å²) in [5.41, 5.74) is 1.32. The topological polar surface area (TPSA) is 55.8 Å². The molecule has 0 amide bonds. The molecule has 0 aromatic heterocycles. The smallest absolute Gasteiger partial charge is 0.314 e. The summed E-state index contributed by atoms with van der Waals surface area (Å²) in [5, 5.41) is 9.86. The third-order valence-corrected chi connectivity index (χ3v) is 5.30. The molecule has 1 aromatic rings. The van der Waals surface area contributed by atoms with Gasteiger partial charge in [-0.05, 0) is 43.2 Å². The van der Waals surface area contributed by atoms with Crippen molar-refractivity contribution >= 4 is 5.97 Å². The third kappa shape index (κ3) is 2.60. The molecule has 120 valence electrons. The highest BCUT2D eigenvalue weighted by atomic mass is 16.5. The van der Waals surface area contributed by atoms with Gasteiger partial charge in [0.25, 0.3) is 0 Å². The zero-order valence-corrected chi connectivity index (χ0v) is 13.1. The molecular weight excluding hydrogens is 280 g/mol. The van der Waals surface area contributed by atoms with E-state index in [9.17, 15) is 9.90 Å². The molecule has 1 aliphatic carbocycles. The number of carboxylic acids is 1. The molecule has 4 heteroatoms. The Kier molecular flexibility index (Phi) is 4.39. The Morgan fingerprint density at radius 3 is 2.55 bits per heavy atom. The van der Waals surface area contributed by atoms with Crippen LogP contribution in [-0.4, -0.2) is 31.4 Å². The molecule has 0 atom stereocenters. The fraction of sp³-hybridized carbons (Fsp3) is 0.611. The normalized spacial score (nSPS) is 21.7. The van der Waals surface area contributed by atoms with Crippen molar-refractivity contribution in [2.24, 2.45) is 0 Å². The van der Waals surface area contributed by atoms with E-state index in [1.165, 1.54) is 5.56 Å². The van der Waals surface area contributed by atoms with E-state index in [2.05, 4.69) is 12.1 Å². The van der Waals surface area contributed by atoms with Crippen LogP contribution in [0.25, 0.3) is 0 Å². The number of benzene rings is 1. The van der Waals surface area contributed by atoms with E-state index in [-0.39, 0.29) is 0 Å². The first-order valence-electron chi connectivity index (χ1n) is 8.17. The number of methoxy groups -OCH3 is 1. The van der Waals surface area contributed by atoms with Crippen LogP contribution in [0, 0.1) is 0 Å². The molecule has 1 saturated carbocycles. The summed E-state index contributed by atoms with van der Waals surface area (Å²) in [6.45, 7) is 1.58. The monoisotopic (exact) mass is 304 g/mol. The fourth-order valence-corrected chi connectivity index (χ4v) is 3.96. The number of hydrogen-bond acceptors (Lipinski definition) is 3. The van der Waals surface area contributed by atoms with Gasteiger partial charge in [0.1, 0.15) is 5.75 Å². The van der Waals surface area contributed by atoms with Crippen molar-refractivity contribution in [2.45, 2.75) is 49.9 Å². The van der Waals surface area contributed by atoms with Gasteiger partial charge in [0, 0.05) is 18.8 Å². The Labute approximate surface area is 131 Å². The van der Waals surface area contributed by atoms with Gasteiger partial charge >= 0.3 is 5.97 Å². The van der Waals surface area contributed by atoms with Crippen molar-refractivity contribution in [1.82, 2.24) is 0 Å². The van der Waals surface area contributed by atoms with Gasteiger partial charge in [-0.15, -0.1) is 0 Å². The van der Waals surface area contributed by atoms with Gasteiger partial charge in [-0.2, -0.15) is 0 Å². The Bertz CT molecular complexity index is 540. The number of carboxylic acid groups (broad SMARTS) is 1. The maximum absolute atomic E-state index is 12.0. The summed E-state index contributed by atoms with van der Waals surface area (Å²) in [6, 6.07) is 6.13. The lowest BCUT2D eigenvalue weighted by molar-refractivity contribution is -0.143. The lowest BCUT2D eigenvalue weighted by atomic mass is 9.76. The number of rotatable bonds is 4. The minimum Gasteiger partial charge on any atom is -0.496 e. The van der Waals surface area contributed by atoms with Crippen molar-refractivity contribution < 1.29 is 19.4 Å². The lowest BCUT2D eigenvalue weighted by Gasteiger charge is -2.29. The third-order valence-electron chi connectivity index (χ3n) is 5.30. The van der Waals surface area contributed by atoms with Gasteiger partial charge < -0.3 is 14.6 Å². The van der Waals surface area contributed by atoms with Crippen molar-refractivity contribution in [3.8, 4) is 5.75 Å². The number of aliphatic carboxylic acids is 1. The van der Waals surface area contributed by atoms with Crippen LogP contribution in [0.15, 0.2) is 18.2 Å². The van der Waals surface area contributed by atoms with E-state index in [0.29, 0.717) is 24.5 Å². The van der Waals surface area contributed by atoms with Crippen LogP contribution in [0.2, 0.25) is 0 Å². The van der Waals surface area contributed by atoms with E-state index in [0.717, 1.165) is 44.5 Å². The minimum atomic E-state index is -0.771. The van der Waals surface area contributed by atoms with E-state index in [1.807, 2.05) is 6.07 Å². The maximum atomic E-state index is 12.0. The summed E-state index contributed by atoms with van der Waals surface area (Å²) in [6.07, 6.45) is 5.36. The standard InChI is InChI=1S/C18H24O4/c1-21-16-5-4-14(13-6-10-22-11-7-13)12-15(16)18(17(19)20)8-2-3-9-18/h4-5,12-13H,2-3,6-11H2,1H3,(H,19,20). The van der Waals surface area contributed by atoms with Gasteiger partial charge in [0.15, 0.2) is 0 Å². The number of carbonyl (C=O) groups is 1. The van der Waals surface area contributed by atoms with Crippen LogP contribution >= 0.6 is 0 Å². The first-order chi connectivity index (χ1) is 10.7. The van der Waals surface area contributed by atoms with Crippen molar-refractivity contribution in [1.29, 1.82) is 0 Å². The van der Waals surface area contributed by atoms with Crippen molar-refractivity contribution in [3.63, 3.8) is 0 Å². The molecule has 1 heterocycles. The molecule has 3 rings (SSSR count). The highest BCUT2D eigenvalue weighted by Gasteiger charge is 2.45. The second-order valence-corrected chi connectivity index (χ2v) is 6.44. The predicted octanol–water partition coefficient (Wildman–Crippen LogP) is 3.49. The maximum Gasteiger partial charge on any atom is 0.314 e. The average molecular weight is 304 g/mol. The fourth-order valence-electron chi connectivity index (χ4n) is 3.96. The number of hydrogen-bond donors (Lipinski definition) is 1. The lowest BCUT2D eigenvalue weighted by Crippen LogP contribution is -2.33. The minimum absolute atomic E-state index is 0.464. The molecule has 4 nitrogen and oxygen atoms in total. The highest BCUT2D eigenvalue weighted by molar-refractivity contribution is 5.83. The molecule has 1 N–H and O–H groups in total. The van der Waals surface area contributed by atoms with Gasteiger partial charge in [0.2, 0.25) is 0 Å². The Balaban J connectivity index is 2.02. The average Bonchev–Trinajstić information content (AvgIpc) is 3.06. The summed E-state index contributed by atoms with van der Waals surface area (Å²) < 4.78 is 10.9. The quantitative estimate of drug-likeness (QED) is 0.925. The molecule has 0 bridgehead atoms. The summed E-state index contributed by atoms with van der Waals surface area (Å²) in [4.78, 5) is 12.0. The van der Waals surface area contributed by atoms with Crippen molar-refractivity contribution in [2.75, 3.05) is 20.3 Å². The number of ether oxygens (including phenoxy) is 2. The largest absolute Gasteiger partial charge is 0.496 e. The Morgan fingerprint density at radius 2 is 1.95 bits per heavy atom. The molecule has 1 aliphatic heterocycles. The zero-order chi connectivity index (χ0) is 15.6. The Hall–Kier alpha value is -1.55. The van der Waals surface area contributed by atoms with E-state index in [4.69, 9.17) is 9.47 Å². The molecule has 1 aromatic carbocycles. The second-order valence-electron chi connectivity index (χ2n) is 6.44. The van der Waals surface area contributed by atoms with Crippen LogP contribution in [-0.2, 0) is 14.9 Å². The molecular formula is C18H24O4. The molecule has 2 fully saturated rings. The van der Waals surface area contributed by atoms with Crippen LogP contribution < -0.4 is 4.74 Å². The van der Waals surface area contributed by atoms with E-state index >= 15 is 0 Å². The Morgan fingerprint density at radius 1 is 1.27 bits per heavy atom. The SMILES string of the molecule is COc1ccc(C2CCOCC2)cc1C1(C(=O)O)CCCC1. The summed E-state index contributed by atoms with van der Waals surface area (Å²) in [5.74, 6) is 0.457. The van der Waals surface area contributed by atoms with Gasteiger partial charge in [0.05, 0.1) is 12.5 Å². The highest BCUT2D eigenvalue weighted by Crippen LogP contribution is 2.46. The van der Waals surface area contributed by atoms with E-state index < -0.39 is 11.4 Å². The first-order valence-corrected chi connectivity index (χ1v) is 8.17. The predicted molar refractivity (Wildman–Crippen MR) is 83.6 cm³/mol. The molecule has 1 saturated heterocycles.